The number of sulfonamides is 1. The van der Waals surface area contributed by atoms with E-state index in [1.54, 1.807) is 30.9 Å². The number of urea groups is 1. The normalized spacial score (nSPS) is 11.3. The molecule has 0 fully saturated rings. The summed E-state index contributed by atoms with van der Waals surface area (Å²) in [4.78, 5) is 13.9. The van der Waals surface area contributed by atoms with Crippen LogP contribution in [0.25, 0.3) is 0 Å². The third-order valence-electron chi connectivity index (χ3n) is 2.94. The van der Waals surface area contributed by atoms with Gasteiger partial charge in [-0.2, -0.15) is 0 Å². The van der Waals surface area contributed by atoms with E-state index >= 15 is 0 Å². The third-order valence-corrected chi connectivity index (χ3v) is 4.61. The zero-order chi connectivity index (χ0) is 17.6. The van der Waals surface area contributed by atoms with E-state index in [2.05, 4.69) is 16.6 Å². The highest BCUT2D eigenvalue weighted by atomic mass is 32.2. The van der Waals surface area contributed by atoms with E-state index in [0.717, 1.165) is 5.57 Å². The first kappa shape index (κ1) is 19.2. The Hall–Kier alpha value is -1.86. The molecule has 0 unspecified atom stereocenters. The van der Waals surface area contributed by atoms with E-state index in [4.69, 9.17) is 0 Å². The Morgan fingerprint density at radius 3 is 2.26 bits per heavy atom. The molecule has 128 valence electrons. The van der Waals surface area contributed by atoms with Crippen LogP contribution in [0.2, 0.25) is 0 Å². The van der Waals surface area contributed by atoms with Crippen molar-refractivity contribution in [3.8, 4) is 0 Å². The molecule has 0 heterocycles. The number of nitrogens with one attached hydrogen (secondary N) is 2. The Balaban J connectivity index is 2.81. The fraction of sp³-hybridized carbons (Fsp3) is 0.438. The summed E-state index contributed by atoms with van der Waals surface area (Å²) in [5.74, 6) is 0. The van der Waals surface area contributed by atoms with Crippen molar-refractivity contribution in [2.24, 2.45) is 0 Å². The topological polar surface area (TPSA) is 78.5 Å². The van der Waals surface area contributed by atoms with Crippen LogP contribution in [0.4, 0.5) is 10.5 Å². The molecule has 0 aliphatic rings. The summed E-state index contributed by atoms with van der Waals surface area (Å²) < 4.78 is 26.6. The van der Waals surface area contributed by atoms with Crippen molar-refractivity contribution in [3.05, 3.63) is 36.4 Å². The second kappa shape index (κ2) is 8.12. The summed E-state index contributed by atoms with van der Waals surface area (Å²) in [5.41, 5.74) is 1.43. The van der Waals surface area contributed by atoms with Crippen LogP contribution in [0.15, 0.2) is 41.3 Å². The Morgan fingerprint density at radius 1 is 1.26 bits per heavy atom. The summed E-state index contributed by atoms with van der Waals surface area (Å²) in [6.45, 7) is 12.1. The molecule has 2 N–H and O–H groups in total. The molecule has 0 aromatic heterocycles. The number of likely N-dealkylation sites (N-methyl/N-ethyl adjacent to an activating group) is 1. The number of amides is 2. The number of carbonyl (C=O) groups is 1. The lowest BCUT2D eigenvalue weighted by Gasteiger charge is -2.21. The molecule has 1 aromatic carbocycles. The van der Waals surface area contributed by atoms with Gasteiger partial charge in [0.2, 0.25) is 10.0 Å². The van der Waals surface area contributed by atoms with Gasteiger partial charge >= 0.3 is 6.03 Å². The number of benzene rings is 1. The highest BCUT2D eigenvalue weighted by Crippen LogP contribution is 2.15. The summed E-state index contributed by atoms with van der Waals surface area (Å²) in [5, 5.41) is 2.75. The second-order valence-corrected chi connectivity index (χ2v) is 7.42. The number of nitrogens with zero attached hydrogens (tertiary/aromatic N) is 1. The summed E-state index contributed by atoms with van der Waals surface area (Å²) in [7, 11) is -3.53. The lowest BCUT2D eigenvalue weighted by atomic mass is 10.3. The number of hydrogen-bond donors (Lipinski definition) is 2. The maximum Gasteiger partial charge on any atom is 0.322 e. The molecule has 0 aliphatic carbocycles. The smallest absolute Gasteiger partial charge is 0.321 e. The van der Waals surface area contributed by atoms with Crippen LogP contribution in [0.5, 0.6) is 0 Å². The molecule has 1 aromatic rings. The Morgan fingerprint density at radius 2 is 1.83 bits per heavy atom. The van der Waals surface area contributed by atoms with Crippen LogP contribution >= 0.6 is 0 Å². The lowest BCUT2D eigenvalue weighted by Crippen LogP contribution is -2.35. The van der Waals surface area contributed by atoms with E-state index in [1.807, 2.05) is 13.8 Å². The van der Waals surface area contributed by atoms with Crippen molar-refractivity contribution in [1.82, 2.24) is 9.62 Å². The average molecular weight is 339 g/mol. The molecule has 0 atom stereocenters. The molecular formula is C16H25N3O3S. The summed E-state index contributed by atoms with van der Waals surface area (Å²) >= 11 is 0. The molecule has 0 saturated heterocycles. The van der Waals surface area contributed by atoms with E-state index in [9.17, 15) is 13.2 Å². The van der Waals surface area contributed by atoms with Gasteiger partial charge in [0.1, 0.15) is 0 Å². The van der Waals surface area contributed by atoms with E-state index in [1.165, 1.54) is 12.1 Å². The van der Waals surface area contributed by atoms with Crippen molar-refractivity contribution in [2.45, 2.75) is 38.6 Å². The van der Waals surface area contributed by atoms with Crippen LogP contribution < -0.4 is 10.0 Å². The molecule has 23 heavy (non-hydrogen) atoms. The number of rotatable bonds is 7. The maximum atomic E-state index is 12.1. The number of anilines is 1. The van der Waals surface area contributed by atoms with E-state index in [-0.39, 0.29) is 17.0 Å². The predicted octanol–water partition coefficient (Wildman–Crippen LogP) is 2.80. The zero-order valence-corrected chi connectivity index (χ0v) is 14.9. The molecule has 0 spiro atoms. The molecule has 2 amide bonds. The molecule has 0 radical (unpaired) electrons. The number of hydrogen-bond acceptors (Lipinski definition) is 3. The van der Waals surface area contributed by atoms with Gasteiger partial charge in [-0.15, -0.1) is 0 Å². The third kappa shape index (κ3) is 6.03. The second-order valence-electron chi connectivity index (χ2n) is 5.70. The molecule has 0 saturated carbocycles. The molecular weight excluding hydrogens is 314 g/mol. The van der Waals surface area contributed by atoms with Crippen LogP contribution in [-0.4, -0.2) is 38.5 Å². The van der Waals surface area contributed by atoms with Gasteiger partial charge in [0.15, 0.2) is 0 Å². The van der Waals surface area contributed by atoms with Crippen molar-refractivity contribution >= 4 is 21.7 Å². The molecule has 7 heteroatoms. The average Bonchev–Trinajstić information content (AvgIpc) is 2.43. The first-order chi connectivity index (χ1) is 10.7. The van der Waals surface area contributed by atoms with Crippen molar-refractivity contribution in [3.63, 3.8) is 0 Å². The monoisotopic (exact) mass is 339 g/mol. The Bertz CT molecular complexity index is 652. The zero-order valence-electron chi connectivity index (χ0n) is 14.1. The fourth-order valence-corrected chi connectivity index (χ4v) is 3.20. The minimum absolute atomic E-state index is 0.165. The predicted molar refractivity (Wildman–Crippen MR) is 93.0 cm³/mol. The summed E-state index contributed by atoms with van der Waals surface area (Å²) in [6, 6.07) is 5.65. The minimum Gasteiger partial charge on any atom is -0.321 e. The largest absolute Gasteiger partial charge is 0.322 e. The minimum atomic E-state index is -3.53. The van der Waals surface area contributed by atoms with Gasteiger partial charge in [-0.25, -0.2) is 17.9 Å². The highest BCUT2D eigenvalue weighted by Gasteiger charge is 2.16. The van der Waals surface area contributed by atoms with Crippen LogP contribution in [-0.2, 0) is 10.0 Å². The quantitative estimate of drug-likeness (QED) is 0.750. The standard InChI is InChI=1S/C16H25N3O3S/c1-6-19(11-12(2)3)16(20)17-14-7-9-15(10-8-14)23(21,22)18-13(4)5/h7-10,13,18H,2,6,11H2,1,3-5H3,(H,17,20). The van der Waals surface area contributed by atoms with Gasteiger partial charge in [-0.1, -0.05) is 12.2 Å². The van der Waals surface area contributed by atoms with Crippen molar-refractivity contribution in [2.75, 3.05) is 18.4 Å². The van der Waals surface area contributed by atoms with Gasteiger partial charge in [0, 0.05) is 24.8 Å². The highest BCUT2D eigenvalue weighted by molar-refractivity contribution is 7.89. The van der Waals surface area contributed by atoms with Crippen LogP contribution in [0, 0.1) is 0 Å². The van der Waals surface area contributed by atoms with Crippen molar-refractivity contribution < 1.29 is 13.2 Å². The summed E-state index contributed by atoms with van der Waals surface area (Å²) in [6.07, 6.45) is 0. The fourth-order valence-electron chi connectivity index (χ4n) is 1.95. The van der Waals surface area contributed by atoms with Gasteiger partial charge in [-0.3, -0.25) is 0 Å². The molecule has 0 bridgehead atoms. The first-order valence-corrected chi connectivity index (χ1v) is 8.96. The van der Waals surface area contributed by atoms with Crippen molar-refractivity contribution in [1.29, 1.82) is 0 Å². The Kier molecular flexibility index (Phi) is 6.78. The van der Waals surface area contributed by atoms with Gasteiger partial charge in [-0.05, 0) is 52.0 Å². The SMILES string of the molecule is C=C(C)CN(CC)C(=O)Nc1ccc(S(=O)(=O)NC(C)C)cc1. The van der Waals surface area contributed by atoms with Gasteiger partial charge < -0.3 is 10.2 Å². The Labute approximate surface area is 138 Å². The van der Waals surface area contributed by atoms with Gasteiger partial charge in [0.25, 0.3) is 0 Å². The van der Waals surface area contributed by atoms with E-state index in [0.29, 0.717) is 18.8 Å². The first-order valence-electron chi connectivity index (χ1n) is 7.48. The van der Waals surface area contributed by atoms with Gasteiger partial charge in [0.05, 0.1) is 4.90 Å². The molecule has 0 aliphatic heterocycles. The number of carbonyl (C=O) groups excluding carboxylic acids is 1. The maximum absolute atomic E-state index is 12.1. The molecule has 6 nitrogen and oxygen atoms in total. The van der Waals surface area contributed by atoms with E-state index < -0.39 is 10.0 Å². The molecule has 1 rings (SSSR count). The van der Waals surface area contributed by atoms with Crippen LogP contribution in [0.3, 0.4) is 0 Å². The van der Waals surface area contributed by atoms with Crippen LogP contribution in [0.1, 0.15) is 27.7 Å². The lowest BCUT2D eigenvalue weighted by molar-refractivity contribution is 0.218.